The summed E-state index contributed by atoms with van der Waals surface area (Å²) in [5, 5.41) is 9.00. The van der Waals surface area contributed by atoms with Crippen molar-refractivity contribution in [1.82, 2.24) is 0 Å². The monoisotopic (exact) mass is 287 g/mol. The van der Waals surface area contributed by atoms with Gasteiger partial charge < -0.3 is 10.0 Å². The van der Waals surface area contributed by atoms with E-state index in [-0.39, 0.29) is 0 Å². The lowest BCUT2D eigenvalue weighted by Crippen LogP contribution is -2.33. The molecule has 0 amide bonds. The summed E-state index contributed by atoms with van der Waals surface area (Å²) in [5.74, 6) is -0.211. The van der Waals surface area contributed by atoms with E-state index in [1.807, 2.05) is 6.07 Å². The molecule has 104 valence electrons. The summed E-state index contributed by atoms with van der Waals surface area (Å²) in [5.41, 5.74) is 2.68. The molecule has 3 rings (SSSR count). The van der Waals surface area contributed by atoms with E-state index in [9.17, 15) is 4.79 Å². The van der Waals surface area contributed by atoms with Crippen LogP contribution in [0.3, 0.4) is 0 Å². The quantitative estimate of drug-likeness (QED) is 0.937. The average molecular weight is 287 g/mol. The van der Waals surface area contributed by atoms with E-state index in [1.54, 1.807) is 6.07 Å². The Kier molecular flexibility index (Phi) is 3.49. The largest absolute Gasteiger partial charge is 0.477 e. The van der Waals surface area contributed by atoms with Gasteiger partial charge in [-0.3, -0.25) is 0 Å². The topological polar surface area (TPSA) is 40.5 Å². The van der Waals surface area contributed by atoms with Crippen LogP contribution in [0, 0.1) is 5.92 Å². The normalized spacial score (nSPS) is 17.9. The molecule has 1 aliphatic heterocycles. The zero-order valence-corrected chi connectivity index (χ0v) is 12.2. The lowest BCUT2D eigenvalue weighted by Gasteiger charge is -2.34. The van der Waals surface area contributed by atoms with Crippen LogP contribution in [0.25, 0.3) is 0 Å². The highest BCUT2D eigenvalue weighted by Gasteiger charge is 2.22. The Labute approximate surface area is 122 Å². The summed E-state index contributed by atoms with van der Waals surface area (Å²) in [4.78, 5) is 14.8. The number of carbonyl (C=O) groups is 1. The van der Waals surface area contributed by atoms with Crippen LogP contribution >= 0.6 is 11.3 Å². The molecule has 1 N–H and O–H groups in total. The van der Waals surface area contributed by atoms with E-state index in [2.05, 4.69) is 36.1 Å². The van der Waals surface area contributed by atoms with Crippen molar-refractivity contribution in [1.29, 1.82) is 0 Å². The first-order valence-electron chi connectivity index (χ1n) is 6.78. The first kappa shape index (κ1) is 13.2. The Morgan fingerprint density at radius 2 is 2.15 bits per heavy atom. The van der Waals surface area contributed by atoms with E-state index in [0.717, 1.165) is 24.4 Å². The van der Waals surface area contributed by atoms with Crippen molar-refractivity contribution < 1.29 is 9.90 Å². The van der Waals surface area contributed by atoms with Gasteiger partial charge in [0, 0.05) is 17.1 Å². The molecule has 2 aromatic rings. The lowest BCUT2D eigenvalue weighted by molar-refractivity contribution is 0.0702. The lowest BCUT2D eigenvalue weighted by atomic mass is 9.94. The third kappa shape index (κ3) is 2.56. The maximum Gasteiger partial charge on any atom is 0.345 e. The Balaban J connectivity index is 1.85. The van der Waals surface area contributed by atoms with E-state index < -0.39 is 5.97 Å². The van der Waals surface area contributed by atoms with Crippen molar-refractivity contribution in [2.75, 3.05) is 11.4 Å². The van der Waals surface area contributed by atoms with Crippen LogP contribution in [0.1, 0.15) is 27.0 Å². The molecule has 0 spiro atoms. The molecule has 0 saturated carbocycles. The second kappa shape index (κ2) is 5.29. The van der Waals surface area contributed by atoms with Crippen molar-refractivity contribution >= 4 is 23.0 Å². The third-order valence-electron chi connectivity index (χ3n) is 3.65. The van der Waals surface area contributed by atoms with Crippen molar-refractivity contribution in [3.63, 3.8) is 0 Å². The fourth-order valence-electron chi connectivity index (χ4n) is 2.82. The van der Waals surface area contributed by atoms with Gasteiger partial charge >= 0.3 is 5.97 Å². The van der Waals surface area contributed by atoms with Crippen LogP contribution in [-0.2, 0) is 13.0 Å². The number of carboxylic acids is 1. The molecule has 1 aromatic heterocycles. The van der Waals surface area contributed by atoms with Crippen molar-refractivity contribution in [2.45, 2.75) is 19.9 Å². The number of rotatable bonds is 3. The molecular weight excluding hydrogens is 270 g/mol. The number of benzene rings is 1. The summed E-state index contributed by atoms with van der Waals surface area (Å²) in [6.45, 7) is 4.08. The van der Waals surface area contributed by atoms with Gasteiger partial charge in [0.15, 0.2) is 0 Å². The highest BCUT2D eigenvalue weighted by Crippen LogP contribution is 2.31. The molecule has 1 aliphatic rings. The SMILES string of the molecule is CC1Cc2ccccc2N(Cc2ccc(C(=O)O)s2)C1. The zero-order chi connectivity index (χ0) is 14.1. The summed E-state index contributed by atoms with van der Waals surface area (Å²) in [6.07, 6.45) is 1.12. The van der Waals surface area contributed by atoms with Crippen LogP contribution in [0.15, 0.2) is 36.4 Å². The molecule has 0 bridgehead atoms. The fourth-order valence-corrected chi connectivity index (χ4v) is 3.68. The van der Waals surface area contributed by atoms with Gasteiger partial charge in [-0.15, -0.1) is 11.3 Å². The number of aromatic carboxylic acids is 1. The molecule has 3 nitrogen and oxygen atoms in total. The van der Waals surface area contributed by atoms with Gasteiger partial charge in [0.25, 0.3) is 0 Å². The second-order valence-electron chi connectivity index (χ2n) is 5.39. The zero-order valence-electron chi connectivity index (χ0n) is 11.4. The van der Waals surface area contributed by atoms with Crippen molar-refractivity contribution in [2.24, 2.45) is 5.92 Å². The number of hydrogen-bond donors (Lipinski definition) is 1. The Morgan fingerprint density at radius 3 is 2.90 bits per heavy atom. The van der Waals surface area contributed by atoms with Gasteiger partial charge in [0.2, 0.25) is 0 Å². The molecule has 1 atom stereocenters. The minimum Gasteiger partial charge on any atom is -0.477 e. The van der Waals surface area contributed by atoms with Crippen LogP contribution in [-0.4, -0.2) is 17.6 Å². The van der Waals surface area contributed by atoms with Gasteiger partial charge in [-0.05, 0) is 36.1 Å². The van der Waals surface area contributed by atoms with Crippen LogP contribution in [0.5, 0.6) is 0 Å². The van der Waals surface area contributed by atoms with E-state index in [4.69, 9.17) is 5.11 Å². The highest BCUT2D eigenvalue weighted by molar-refractivity contribution is 7.13. The number of hydrogen-bond acceptors (Lipinski definition) is 3. The Bertz CT molecular complexity index is 635. The number of para-hydroxylation sites is 1. The van der Waals surface area contributed by atoms with Gasteiger partial charge in [-0.2, -0.15) is 0 Å². The van der Waals surface area contributed by atoms with Crippen LogP contribution < -0.4 is 4.90 Å². The first-order valence-corrected chi connectivity index (χ1v) is 7.60. The third-order valence-corrected chi connectivity index (χ3v) is 4.71. The minimum atomic E-state index is -0.839. The number of nitrogens with zero attached hydrogens (tertiary/aromatic N) is 1. The van der Waals surface area contributed by atoms with Gasteiger partial charge in [-0.1, -0.05) is 25.1 Å². The molecule has 1 aromatic carbocycles. The molecule has 2 heterocycles. The van der Waals surface area contributed by atoms with Crippen molar-refractivity contribution in [3.05, 3.63) is 51.7 Å². The van der Waals surface area contributed by atoms with E-state index in [1.165, 1.54) is 22.6 Å². The molecule has 1 unspecified atom stereocenters. The molecule has 0 radical (unpaired) electrons. The fraction of sp³-hybridized carbons (Fsp3) is 0.312. The number of anilines is 1. The van der Waals surface area contributed by atoms with Crippen LogP contribution in [0.2, 0.25) is 0 Å². The summed E-state index contributed by atoms with van der Waals surface area (Å²) in [7, 11) is 0. The van der Waals surface area contributed by atoms with Gasteiger partial charge in [0.1, 0.15) is 4.88 Å². The molecule has 0 fully saturated rings. The molecule has 20 heavy (non-hydrogen) atoms. The standard InChI is InChI=1S/C16H17NO2S/c1-11-8-12-4-2-3-5-14(12)17(9-11)10-13-6-7-15(20-13)16(18)19/h2-7,11H,8-10H2,1H3,(H,18,19). The van der Waals surface area contributed by atoms with E-state index in [0.29, 0.717) is 10.8 Å². The minimum absolute atomic E-state index is 0.415. The summed E-state index contributed by atoms with van der Waals surface area (Å²) in [6, 6.07) is 12.1. The average Bonchev–Trinajstić information content (AvgIpc) is 2.87. The van der Waals surface area contributed by atoms with Crippen LogP contribution in [0.4, 0.5) is 5.69 Å². The highest BCUT2D eigenvalue weighted by atomic mass is 32.1. The summed E-state index contributed by atoms with van der Waals surface area (Å²) < 4.78 is 0. The van der Waals surface area contributed by atoms with E-state index >= 15 is 0 Å². The second-order valence-corrected chi connectivity index (χ2v) is 6.56. The number of fused-ring (bicyclic) bond motifs is 1. The molecule has 4 heteroatoms. The predicted molar refractivity (Wildman–Crippen MR) is 81.6 cm³/mol. The Hall–Kier alpha value is -1.81. The van der Waals surface area contributed by atoms with Crippen molar-refractivity contribution in [3.8, 4) is 0 Å². The molecule has 0 saturated heterocycles. The van der Waals surface area contributed by atoms with Gasteiger partial charge in [0.05, 0.1) is 6.54 Å². The molecular formula is C16H17NO2S. The van der Waals surface area contributed by atoms with Gasteiger partial charge in [-0.25, -0.2) is 4.79 Å². The predicted octanol–water partition coefficient (Wildman–Crippen LogP) is 3.65. The molecule has 0 aliphatic carbocycles. The summed E-state index contributed by atoms with van der Waals surface area (Å²) >= 11 is 1.37. The smallest absolute Gasteiger partial charge is 0.345 e. The first-order chi connectivity index (χ1) is 9.63. The number of thiophene rings is 1. The number of carboxylic acid groups (broad SMARTS) is 1. The Morgan fingerprint density at radius 1 is 1.35 bits per heavy atom. The maximum absolute atomic E-state index is 11.0. The maximum atomic E-state index is 11.0.